The molecule has 132 valence electrons. The molecule has 1 aliphatic heterocycles. The summed E-state index contributed by atoms with van der Waals surface area (Å²) in [6, 6.07) is 7.10. The van der Waals surface area contributed by atoms with Crippen LogP contribution in [0, 0.1) is 0 Å². The standard InChI is InChI=1S/C19H19N5O2/c25-18-13-4-2-1-3-12(13)17(22-23-18)19(26)24-9-7-14-15(8-10-24)20-21-16(14)11-5-6-11/h1-4,11H,5-10H2,(H,20,21)(H,23,25). The largest absolute Gasteiger partial charge is 0.337 e. The van der Waals surface area contributed by atoms with Crippen molar-refractivity contribution in [2.24, 2.45) is 0 Å². The Morgan fingerprint density at radius 2 is 1.81 bits per heavy atom. The molecule has 1 aliphatic carbocycles. The van der Waals surface area contributed by atoms with E-state index >= 15 is 0 Å². The zero-order chi connectivity index (χ0) is 17.7. The maximum Gasteiger partial charge on any atom is 0.274 e. The molecule has 0 radical (unpaired) electrons. The lowest BCUT2D eigenvalue weighted by Crippen LogP contribution is -2.34. The summed E-state index contributed by atoms with van der Waals surface area (Å²) in [7, 11) is 0. The Bertz CT molecular complexity index is 1060. The molecule has 3 heterocycles. The Hall–Kier alpha value is -2.96. The molecule has 2 aromatic heterocycles. The zero-order valence-electron chi connectivity index (χ0n) is 14.3. The molecule has 7 nitrogen and oxygen atoms in total. The van der Waals surface area contributed by atoms with Crippen LogP contribution in [0.2, 0.25) is 0 Å². The van der Waals surface area contributed by atoms with Crippen LogP contribution in [0.4, 0.5) is 0 Å². The van der Waals surface area contributed by atoms with Crippen LogP contribution in [-0.2, 0) is 12.8 Å². The van der Waals surface area contributed by atoms with Crippen LogP contribution in [0.15, 0.2) is 29.1 Å². The van der Waals surface area contributed by atoms with Gasteiger partial charge in [0, 0.05) is 36.5 Å². The quantitative estimate of drug-likeness (QED) is 0.737. The summed E-state index contributed by atoms with van der Waals surface area (Å²) in [5.74, 6) is 0.464. The number of carbonyl (C=O) groups is 1. The lowest BCUT2D eigenvalue weighted by molar-refractivity contribution is 0.0758. The highest BCUT2D eigenvalue weighted by molar-refractivity contribution is 6.04. The number of benzene rings is 1. The minimum absolute atomic E-state index is 0.136. The van der Waals surface area contributed by atoms with Crippen molar-refractivity contribution >= 4 is 16.7 Å². The number of nitrogens with zero attached hydrogens (tertiary/aromatic N) is 3. The molecule has 0 bridgehead atoms. The lowest BCUT2D eigenvalue weighted by Gasteiger charge is -2.20. The SMILES string of the molecule is O=C(c1n[nH]c(=O)c2ccccc12)N1CCc2[nH]nc(C3CC3)c2CC1. The predicted octanol–water partition coefficient (Wildman–Crippen LogP) is 1.76. The van der Waals surface area contributed by atoms with Gasteiger partial charge in [0.2, 0.25) is 0 Å². The molecule has 1 saturated carbocycles. The first kappa shape index (κ1) is 15.3. The summed E-state index contributed by atoms with van der Waals surface area (Å²) in [4.78, 5) is 26.9. The zero-order valence-corrected chi connectivity index (χ0v) is 14.3. The van der Waals surface area contributed by atoms with Gasteiger partial charge in [-0.2, -0.15) is 10.2 Å². The van der Waals surface area contributed by atoms with Gasteiger partial charge in [-0.05, 0) is 30.9 Å². The molecular formula is C19H19N5O2. The third-order valence-electron chi connectivity index (χ3n) is 5.40. The van der Waals surface area contributed by atoms with Crippen LogP contribution >= 0.6 is 0 Å². The van der Waals surface area contributed by atoms with Gasteiger partial charge in [-0.25, -0.2) is 5.10 Å². The van der Waals surface area contributed by atoms with Crippen molar-refractivity contribution in [2.75, 3.05) is 13.1 Å². The summed E-state index contributed by atoms with van der Waals surface area (Å²) >= 11 is 0. The molecule has 7 heteroatoms. The van der Waals surface area contributed by atoms with Crippen LogP contribution in [0.25, 0.3) is 10.8 Å². The molecule has 3 aromatic rings. The fourth-order valence-corrected chi connectivity index (χ4v) is 3.83. The normalized spacial score (nSPS) is 17.2. The van der Waals surface area contributed by atoms with E-state index in [1.807, 2.05) is 11.0 Å². The molecule has 0 saturated heterocycles. The van der Waals surface area contributed by atoms with Crippen LogP contribution in [0.3, 0.4) is 0 Å². The highest BCUT2D eigenvalue weighted by Crippen LogP contribution is 2.41. The Labute approximate surface area is 149 Å². The average Bonchev–Trinajstić information content (AvgIpc) is 3.46. The number of hydrogen-bond acceptors (Lipinski definition) is 4. The highest BCUT2D eigenvalue weighted by Gasteiger charge is 2.32. The van der Waals surface area contributed by atoms with Gasteiger partial charge < -0.3 is 4.90 Å². The topological polar surface area (TPSA) is 94.7 Å². The summed E-state index contributed by atoms with van der Waals surface area (Å²) in [6.07, 6.45) is 4.01. The van der Waals surface area contributed by atoms with Gasteiger partial charge in [-0.15, -0.1) is 0 Å². The minimum atomic E-state index is -0.275. The van der Waals surface area contributed by atoms with E-state index in [0.29, 0.717) is 35.5 Å². The van der Waals surface area contributed by atoms with Crippen molar-refractivity contribution in [1.82, 2.24) is 25.3 Å². The Balaban J connectivity index is 1.45. The van der Waals surface area contributed by atoms with Crippen molar-refractivity contribution < 1.29 is 4.79 Å². The lowest BCUT2D eigenvalue weighted by atomic mass is 10.1. The first-order valence-corrected chi connectivity index (χ1v) is 9.05. The second-order valence-electron chi connectivity index (χ2n) is 7.08. The van der Waals surface area contributed by atoms with E-state index < -0.39 is 0 Å². The van der Waals surface area contributed by atoms with Gasteiger partial charge in [0.1, 0.15) is 0 Å². The van der Waals surface area contributed by atoms with Crippen LogP contribution < -0.4 is 5.56 Å². The fourth-order valence-electron chi connectivity index (χ4n) is 3.83. The van der Waals surface area contributed by atoms with Crippen molar-refractivity contribution in [3.63, 3.8) is 0 Å². The summed E-state index contributed by atoms with van der Waals surface area (Å²) in [5.41, 5.74) is 3.68. The van der Waals surface area contributed by atoms with Crippen molar-refractivity contribution in [1.29, 1.82) is 0 Å². The molecular weight excluding hydrogens is 330 g/mol. The molecule has 26 heavy (non-hydrogen) atoms. The van der Waals surface area contributed by atoms with E-state index in [0.717, 1.165) is 18.5 Å². The van der Waals surface area contributed by atoms with Crippen LogP contribution in [-0.4, -0.2) is 44.3 Å². The number of nitrogens with one attached hydrogen (secondary N) is 2. The molecule has 2 aliphatic rings. The first-order valence-electron chi connectivity index (χ1n) is 9.05. The number of hydrogen-bond donors (Lipinski definition) is 2. The van der Waals surface area contributed by atoms with E-state index in [-0.39, 0.29) is 11.5 Å². The van der Waals surface area contributed by atoms with Crippen LogP contribution in [0.5, 0.6) is 0 Å². The van der Waals surface area contributed by atoms with Crippen molar-refractivity contribution in [3.8, 4) is 0 Å². The van der Waals surface area contributed by atoms with E-state index in [4.69, 9.17) is 0 Å². The maximum absolute atomic E-state index is 13.1. The Kier molecular flexibility index (Phi) is 3.41. The smallest absolute Gasteiger partial charge is 0.274 e. The van der Waals surface area contributed by atoms with E-state index in [1.165, 1.54) is 24.1 Å². The van der Waals surface area contributed by atoms with Crippen molar-refractivity contribution in [3.05, 3.63) is 57.3 Å². The first-order chi connectivity index (χ1) is 12.7. The molecule has 0 atom stereocenters. The molecule has 2 N–H and O–H groups in total. The molecule has 1 amide bonds. The number of H-pyrrole nitrogens is 2. The highest BCUT2D eigenvalue weighted by atomic mass is 16.2. The molecule has 5 rings (SSSR count). The monoisotopic (exact) mass is 349 g/mol. The number of aromatic amines is 2. The molecule has 0 unspecified atom stereocenters. The summed E-state index contributed by atoms with van der Waals surface area (Å²) in [6.45, 7) is 1.26. The summed E-state index contributed by atoms with van der Waals surface area (Å²) in [5, 5.41) is 15.3. The predicted molar refractivity (Wildman–Crippen MR) is 96.2 cm³/mol. The third kappa shape index (κ3) is 2.42. The van der Waals surface area contributed by atoms with E-state index in [9.17, 15) is 9.59 Å². The second kappa shape index (κ2) is 5.79. The van der Waals surface area contributed by atoms with Gasteiger partial charge in [0.15, 0.2) is 5.69 Å². The van der Waals surface area contributed by atoms with E-state index in [1.54, 1.807) is 18.2 Å². The molecule has 0 spiro atoms. The van der Waals surface area contributed by atoms with Crippen molar-refractivity contribution in [2.45, 2.75) is 31.6 Å². The molecule has 1 fully saturated rings. The maximum atomic E-state index is 13.1. The number of carbonyl (C=O) groups excluding carboxylic acids is 1. The molecule has 1 aromatic carbocycles. The number of aromatic nitrogens is 4. The third-order valence-corrected chi connectivity index (χ3v) is 5.40. The second-order valence-corrected chi connectivity index (χ2v) is 7.08. The van der Waals surface area contributed by atoms with Gasteiger partial charge >= 0.3 is 0 Å². The summed E-state index contributed by atoms with van der Waals surface area (Å²) < 4.78 is 0. The van der Waals surface area contributed by atoms with Gasteiger partial charge in [0.25, 0.3) is 11.5 Å². The Morgan fingerprint density at radius 1 is 1.04 bits per heavy atom. The number of rotatable bonds is 2. The van der Waals surface area contributed by atoms with E-state index in [2.05, 4.69) is 20.4 Å². The fraction of sp³-hybridized carbons (Fsp3) is 0.368. The Morgan fingerprint density at radius 3 is 2.62 bits per heavy atom. The van der Waals surface area contributed by atoms with Gasteiger partial charge in [-0.1, -0.05) is 18.2 Å². The minimum Gasteiger partial charge on any atom is -0.337 e. The van der Waals surface area contributed by atoms with Gasteiger partial charge in [-0.3, -0.25) is 14.7 Å². The number of amides is 1. The van der Waals surface area contributed by atoms with Crippen LogP contribution in [0.1, 0.15) is 46.2 Å². The van der Waals surface area contributed by atoms with Gasteiger partial charge in [0.05, 0.1) is 11.1 Å². The average molecular weight is 349 g/mol. The number of fused-ring (bicyclic) bond motifs is 2.